The molecule has 8 heteroatoms. The second-order valence-corrected chi connectivity index (χ2v) is 5.96. The number of Topliss-reactive ketones (excluding diaryl/α,β-unsaturated/α-hetero) is 1. The van der Waals surface area contributed by atoms with E-state index in [4.69, 9.17) is 5.73 Å². The van der Waals surface area contributed by atoms with Crippen molar-refractivity contribution in [3.05, 3.63) is 62.0 Å². The number of carbonyl (C=O) groups excluding carboxylic acids is 1. The molecule has 0 radical (unpaired) electrons. The summed E-state index contributed by atoms with van der Waals surface area (Å²) in [5.41, 5.74) is 4.58. The third-order valence-corrected chi connectivity index (χ3v) is 4.22. The van der Waals surface area contributed by atoms with Crippen LogP contribution in [0.1, 0.15) is 35.8 Å². The lowest BCUT2D eigenvalue weighted by atomic mass is 10.0. The third kappa shape index (κ3) is 3.39. The number of rotatable bonds is 5. The molecule has 25 heavy (non-hydrogen) atoms. The van der Waals surface area contributed by atoms with Crippen molar-refractivity contribution in [3.63, 3.8) is 0 Å². The SMILES string of the molecule is C[C@H](N[C@@H](C)c1ccccc1F)C(=O)c1c(N)n(C)c(=O)n(C)c1=O. The van der Waals surface area contributed by atoms with Crippen LogP contribution < -0.4 is 22.3 Å². The first-order valence-corrected chi connectivity index (χ1v) is 7.77. The molecule has 0 bridgehead atoms. The molecule has 0 spiro atoms. The average molecular weight is 348 g/mol. The highest BCUT2D eigenvalue weighted by molar-refractivity contribution is 6.03. The van der Waals surface area contributed by atoms with E-state index in [0.29, 0.717) is 5.56 Å². The van der Waals surface area contributed by atoms with Crippen LogP contribution in [0.3, 0.4) is 0 Å². The van der Waals surface area contributed by atoms with Crippen LogP contribution in [0.2, 0.25) is 0 Å². The lowest BCUT2D eigenvalue weighted by molar-refractivity contribution is 0.0943. The van der Waals surface area contributed by atoms with Crippen molar-refractivity contribution < 1.29 is 9.18 Å². The van der Waals surface area contributed by atoms with E-state index in [1.807, 2.05) is 0 Å². The first kappa shape index (κ1) is 18.6. The summed E-state index contributed by atoms with van der Waals surface area (Å²) in [7, 11) is 2.66. The number of ketones is 1. The van der Waals surface area contributed by atoms with Gasteiger partial charge in [0.15, 0.2) is 5.78 Å². The maximum atomic E-state index is 13.9. The van der Waals surface area contributed by atoms with Crippen molar-refractivity contribution in [1.82, 2.24) is 14.5 Å². The molecule has 0 aliphatic rings. The maximum Gasteiger partial charge on any atom is 0.332 e. The van der Waals surface area contributed by atoms with E-state index < -0.39 is 29.1 Å². The lowest BCUT2D eigenvalue weighted by Crippen LogP contribution is -2.45. The topological polar surface area (TPSA) is 99.1 Å². The third-order valence-electron chi connectivity index (χ3n) is 4.22. The van der Waals surface area contributed by atoms with Crippen molar-refractivity contribution in [1.29, 1.82) is 0 Å². The molecule has 1 heterocycles. The lowest BCUT2D eigenvalue weighted by Gasteiger charge is -2.21. The summed E-state index contributed by atoms with van der Waals surface area (Å²) in [5, 5.41) is 2.96. The minimum atomic E-state index is -0.804. The number of nitrogens with one attached hydrogen (secondary N) is 1. The van der Waals surface area contributed by atoms with Crippen molar-refractivity contribution in [2.24, 2.45) is 14.1 Å². The predicted octanol–water partition coefficient (Wildman–Crippen LogP) is 0.727. The Hall–Kier alpha value is -2.74. The van der Waals surface area contributed by atoms with E-state index in [1.165, 1.54) is 20.2 Å². The van der Waals surface area contributed by atoms with E-state index >= 15 is 0 Å². The zero-order valence-corrected chi connectivity index (χ0v) is 14.5. The number of hydrogen-bond acceptors (Lipinski definition) is 5. The molecule has 0 unspecified atom stereocenters. The smallest absolute Gasteiger partial charge is 0.332 e. The van der Waals surface area contributed by atoms with Crippen LogP contribution in [-0.2, 0) is 14.1 Å². The number of hydrogen-bond donors (Lipinski definition) is 2. The van der Waals surface area contributed by atoms with Gasteiger partial charge in [-0.25, -0.2) is 9.18 Å². The molecule has 2 atom stereocenters. The molecule has 1 aromatic carbocycles. The van der Waals surface area contributed by atoms with Crippen LogP contribution in [0.15, 0.2) is 33.9 Å². The molecule has 0 fully saturated rings. The minimum Gasteiger partial charge on any atom is -0.384 e. The normalized spacial score (nSPS) is 13.5. The van der Waals surface area contributed by atoms with Gasteiger partial charge in [-0.1, -0.05) is 18.2 Å². The summed E-state index contributed by atoms with van der Waals surface area (Å²) in [6, 6.07) is 4.96. The highest BCUT2D eigenvalue weighted by atomic mass is 19.1. The van der Waals surface area contributed by atoms with Gasteiger partial charge in [0.05, 0.1) is 6.04 Å². The average Bonchev–Trinajstić information content (AvgIpc) is 2.58. The quantitative estimate of drug-likeness (QED) is 0.776. The molecule has 0 amide bonds. The monoisotopic (exact) mass is 348 g/mol. The molecule has 0 aliphatic heterocycles. The van der Waals surface area contributed by atoms with Gasteiger partial charge in [0.25, 0.3) is 5.56 Å². The summed E-state index contributed by atoms with van der Waals surface area (Å²) in [4.78, 5) is 36.8. The highest BCUT2D eigenvalue weighted by Gasteiger charge is 2.26. The Bertz CT molecular complexity index is 932. The number of benzene rings is 1. The fourth-order valence-corrected chi connectivity index (χ4v) is 2.67. The number of nitrogens with two attached hydrogens (primary N) is 1. The number of aromatic nitrogens is 2. The maximum absolute atomic E-state index is 13.9. The van der Waals surface area contributed by atoms with E-state index in [9.17, 15) is 18.8 Å². The number of nitrogen functional groups attached to an aromatic ring is 1. The summed E-state index contributed by atoms with van der Waals surface area (Å²) in [6.07, 6.45) is 0. The largest absolute Gasteiger partial charge is 0.384 e. The molecular formula is C17H21FN4O3. The summed E-state index contributed by atoms with van der Waals surface area (Å²) in [5.74, 6) is -1.14. The van der Waals surface area contributed by atoms with Gasteiger partial charge in [-0.15, -0.1) is 0 Å². The molecule has 2 aromatic rings. The Labute approximate surface area is 143 Å². The van der Waals surface area contributed by atoms with Crippen molar-refractivity contribution in [2.45, 2.75) is 25.9 Å². The van der Waals surface area contributed by atoms with Crippen LogP contribution in [0, 0.1) is 5.82 Å². The molecule has 0 saturated heterocycles. The van der Waals surface area contributed by atoms with Gasteiger partial charge in [-0.2, -0.15) is 0 Å². The molecule has 0 saturated carbocycles. The fourth-order valence-electron chi connectivity index (χ4n) is 2.67. The molecule has 0 aliphatic carbocycles. The Morgan fingerprint density at radius 1 is 1.16 bits per heavy atom. The molecule has 134 valence electrons. The molecule has 1 aromatic heterocycles. The Morgan fingerprint density at radius 2 is 1.76 bits per heavy atom. The van der Waals surface area contributed by atoms with E-state index in [1.54, 1.807) is 32.0 Å². The van der Waals surface area contributed by atoms with Gasteiger partial charge < -0.3 is 11.1 Å². The van der Waals surface area contributed by atoms with Crippen molar-refractivity contribution >= 4 is 11.6 Å². The van der Waals surface area contributed by atoms with Crippen LogP contribution in [0.25, 0.3) is 0 Å². The Kier molecular flexibility index (Phi) is 5.22. The van der Waals surface area contributed by atoms with Gasteiger partial charge in [0, 0.05) is 25.7 Å². The molecular weight excluding hydrogens is 327 g/mol. The zero-order chi connectivity index (χ0) is 18.9. The second kappa shape index (κ2) is 7.02. The zero-order valence-electron chi connectivity index (χ0n) is 14.5. The standard InChI is InChI=1S/C17H21FN4O3/c1-9(11-7-5-6-8-12(11)18)20-10(2)14(23)13-15(19)21(3)17(25)22(4)16(13)24/h5-10,20H,19H2,1-4H3/t9-,10-/m0/s1. The van der Waals surface area contributed by atoms with Crippen LogP contribution >= 0.6 is 0 Å². The van der Waals surface area contributed by atoms with Crippen LogP contribution in [-0.4, -0.2) is 21.0 Å². The Morgan fingerprint density at radius 3 is 2.36 bits per heavy atom. The van der Waals surface area contributed by atoms with E-state index in [-0.39, 0.29) is 17.2 Å². The van der Waals surface area contributed by atoms with Crippen molar-refractivity contribution in [2.75, 3.05) is 5.73 Å². The summed E-state index contributed by atoms with van der Waals surface area (Å²) < 4.78 is 15.7. The van der Waals surface area contributed by atoms with Gasteiger partial charge in [0.1, 0.15) is 17.2 Å². The van der Waals surface area contributed by atoms with Gasteiger partial charge in [-0.05, 0) is 19.9 Å². The van der Waals surface area contributed by atoms with Gasteiger partial charge in [-0.3, -0.25) is 18.7 Å². The molecule has 2 rings (SSSR count). The van der Waals surface area contributed by atoms with Crippen LogP contribution in [0.5, 0.6) is 0 Å². The van der Waals surface area contributed by atoms with E-state index in [0.717, 1.165) is 9.13 Å². The summed E-state index contributed by atoms with van der Waals surface area (Å²) in [6.45, 7) is 3.27. The minimum absolute atomic E-state index is 0.190. The predicted molar refractivity (Wildman–Crippen MR) is 93.1 cm³/mol. The molecule has 7 nitrogen and oxygen atoms in total. The number of anilines is 1. The number of halogens is 1. The van der Waals surface area contributed by atoms with Gasteiger partial charge in [0.2, 0.25) is 0 Å². The van der Waals surface area contributed by atoms with Gasteiger partial charge >= 0.3 is 5.69 Å². The highest BCUT2D eigenvalue weighted by Crippen LogP contribution is 2.17. The number of carbonyl (C=O) groups is 1. The van der Waals surface area contributed by atoms with Crippen LogP contribution in [0.4, 0.5) is 10.2 Å². The second-order valence-electron chi connectivity index (χ2n) is 5.96. The summed E-state index contributed by atoms with van der Waals surface area (Å²) >= 11 is 0. The Balaban J connectivity index is 2.34. The first-order valence-electron chi connectivity index (χ1n) is 7.77. The number of nitrogens with zero attached hydrogens (tertiary/aromatic N) is 2. The van der Waals surface area contributed by atoms with Crippen molar-refractivity contribution in [3.8, 4) is 0 Å². The first-order chi connectivity index (χ1) is 11.7. The molecule has 3 N–H and O–H groups in total. The fraction of sp³-hybridized carbons (Fsp3) is 0.353. The van der Waals surface area contributed by atoms with E-state index in [2.05, 4.69) is 5.32 Å².